The van der Waals surface area contributed by atoms with Gasteiger partial charge in [0.05, 0.1) is 13.0 Å². The molecular formula is C15H28N2O3. The van der Waals surface area contributed by atoms with Crippen molar-refractivity contribution >= 4 is 11.9 Å². The van der Waals surface area contributed by atoms with Crippen LogP contribution in [0.2, 0.25) is 0 Å². The van der Waals surface area contributed by atoms with Gasteiger partial charge in [-0.2, -0.15) is 0 Å². The number of carbonyl (C=O) groups excluding carboxylic acids is 1. The molecule has 0 unspecified atom stereocenters. The molecule has 1 amide bonds. The molecule has 1 atom stereocenters. The Morgan fingerprint density at radius 3 is 2.15 bits per heavy atom. The fourth-order valence-corrected chi connectivity index (χ4v) is 2.57. The van der Waals surface area contributed by atoms with Gasteiger partial charge in [0.25, 0.3) is 0 Å². The average molecular weight is 284 g/mol. The van der Waals surface area contributed by atoms with Crippen LogP contribution in [0, 0.1) is 5.92 Å². The fraction of sp³-hybridized carbons (Fsp3) is 0.867. The van der Waals surface area contributed by atoms with Gasteiger partial charge in [-0.3, -0.25) is 14.5 Å². The van der Waals surface area contributed by atoms with E-state index in [2.05, 4.69) is 10.2 Å². The second-order valence-corrected chi connectivity index (χ2v) is 6.06. The van der Waals surface area contributed by atoms with Crippen molar-refractivity contribution in [3.8, 4) is 0 Å². The highest BCUT2D eigenvalue weighted by Crippen LogP contribution is 2.10. The van der Waals surface area contributed by atoms with Crippen molar-refractivity contribution in [2.75, 3.05) is 19.6 Å². The number of nitrogens with zero attached hydrogens (tertiary/aromatic N) is 1. The van der Waals surface area contributed by atoms with Gasteiger partial charge in [0.2, 0.25) is 5.91 Å². The Morgan fingerprint density at radius 2 is 1.65 bits per heavy atom. The van der Waals surface area contributed by atoms with Crippen molar-refractivity contribution in [2.24, 2.45) is 5.92 Å². The van der Waals surface area contributed by atoms with Gasteiger partial charge in [-0.25, -0.2) is 0 Å². The summed E-state index contributed by atoms with van der Waals surface area (Å²) in [5.74, 6) is -0.789. The van der Waals surface area contributed by atoms with E-state index in [0.29, 0.717) is 6.54 Å². The van der Waals surface area contributed by atoms with Crippen LogP contribution in [0.1, 0.15) is 52.4 Å². The molecule has 0 aromatic rings. The first-order valence-electron chi connectivity index (χ1n) is 7.72. The van der Waals surface area contributed by atoms with Crippen LogP contribution < -0.4 is 5.32 Å². The van der Waals surface area contributed by atoms with Gasteiger partial charge in [-0.1, -0.05) is 33.1 Å². The number of carboxylic acids is 1. The standard InChI is InChI=1S/C15H28N2O3/c1-12(2)13(10-15(19)20)16-14(18)11-17-8-6-4-3-5-7-9-17/h12-13H,3-11H2,1-2H3,(H,16,18)(H,19,20)/t13-/m0/s1. The Bertz CT molecular complexity index is 310. The minimum absolute atomic E-state index is 0.0105. The fourth-order valence-electron chi connectivity index (χ4n) is 2.57. The van der Waals surface area contributed by atoms with Crippen LogP contribution in [0.3, 0.4) is 0 Å². The normalized spacial score (nSPS) is 19.1. The van der Waals surface area contributed by atoms with E-state index in [9.17, 15) is 9.59 Å². The molecule has 1 fully saturated rings. The Labute approximate surface area is 121 Å². The SMILES string of the molecule is CC(C)[C@H](CC(=O)O)NC(=O)CN1CCCCCCC1. The maximum atomic E-state index is 12.1. The number of aliphatic carboxylic acids is 1. The van der Waals surface area contributed by atoms with Gasteiger partial charge in [0.15, 0.2) is 0 Å². The van der Waals surface area contributed by atoms with Crippen LogP contribution in [-0.2, 0) is 9.59 Å². The molecule has 1 heterocycles. The van der Waals surface area contributed by atoms with Crippen LogP contribution in [-0.4, -0.2) is 47.6 Å². The average Bonchev–Trinajstić information content (AvgIpc) is 2.31. The van der Waals surface area contributed by atoms with Crippen molar-refractivity contribution in [1.82, 2.24) is 10.2 Å². The van der Waals surface area contributed by atoms with Crippen molar-refractivity contribution < 1.29 is 14.7 Å². The van der Waals surface area contributed by atoms with Gasteiger partial charge in [0, 0.05) is 6.04 Å². The van der Waals surface area contributed by atoms with E-state index in [-0.39, 0.29) is 24.3 Å². The van der Waals surface area contributed by atoms with E-state index < -0.39 is 5.97 Å². The van der Waals surface area contributed by atoms with E-state index in [0.717, 1.165) is 25.9 Å². The molecule has 1 aliphatic heterocycles. The van der Waals surface area contributed by atoms with Crippen LogP contribution in [0.4, 0.5) is 0 Å². The number of rotatable bonds is 6. The first-order valence-corrected chi connectivity index (χ1v) is 7.72. The smallest absolute Gasteiger partial charge is 0.305 e. The predicted molar refractivity (Wildman–Crippen MR) is 78.5 cm³/mol. The summed E-state index contributed by atoms with van der Waals surface area (Å²) in [6.45, 7) is 6.20. The predicted octanol–water partition coefficient (Wildman–Crippen LogP) is 1.87. The van der Waals surface area contributed by atoms with Crippen LogP contribution in [0.25, 0.3) is 0 Å². The van der Waals surface area contributed by atoms with E-state index in [4.69, 9.17) is 5.11 Å². The molecule has 116 valence electrons. The third kappa shape index (κ3) is 6.89. The molecule has 0 saturated carbocycles. The molecule has 0 spiro atoms. The highest BCUT2D eigenvalue weighted by molar-refractivity contribution is 5.79. The molecule has 0 aromatic carbocycles. The summed E-state index contributed by atoms with van der Waals surface area (Å²) >= 11 is 0. The van der Waals surface area contributed by atoms with Gasteiger partial charge < -0.3 is 10.4 Å². The van der Waals surface area contributed by atoms with Crippen molar-refractivity contribution in [3.63, 3.8) is 0 Å². The van der Waals surface area contributed by atoms with Crippen molar-refractivity contribution in [1.29, 1.82) is 0 Å². The monoisotopic (exact) mass is 284 g/mol. The molecular weight excluding hydrogens is 256 g/mol. The lowest BCUT2D eigenvalue weighted by atomic mass is 10.0. The highest BCUT2D eigenvalue weighted by atomic mass is 16.4. The maximum absolute atomic E-state index is 12.1. The van der Waals surface area contributed by atoms with E-state index in [1.165, 1.54) is 19.3 Å². The topological polar surface area (TPSA) is 69.6 Å². The Balaban J connectivity index is 2.41. The zero-order valence-electron chi connectivity index (χ0n) is 12.7. The number of hydrogen-bond acceptors (Lipinski definition) is 3. The Hall–Kier alpha value is -1.10. The number of carbonyl (C=O) groups is 2. The number of likely N-dealkylation sites (tertiary alicyclic amines) is 1. The second kappa shape index (κ2) is 8.95. The zero-order valence-corrected chi connectivity index (χ0v) is 12.7. The molecule has 0 aliphatic carbocycles. The number of carboxylic acid groups (broad SMARTS) is 1. The first kappa shape index (κ1) is 17.0. The minimum atomic E-state index is -0.865. The highest BCUT2D eigenvalue weighted by Gasteiger charge is 2.20. The molecule has 0 bridgehead atoms. The molecule has 0 aromatic heterocycles. The lowest BCUT2D eigenvalue weighted by Gasteiger charge is -2.26. The molecule has 5 heteroatoms. The maximum Gasteiger partial charge on any atom is 0.305 e. The third-order valence-electron chi connectivity index (χ3n) is 3.86. The molecule has 1 saturated heterocycles. The molecule has 2 N–H and O–H groups in total. The Morgan fingerprint density at radius 1 is 1.10 bits per heavy atom. The zero-order chi connectivity index (χ0) is 15.0. The summed E-state index contributed by atoms with van der Waals surface area (Å²) in [6.07, 6.45) is 6.07. The van der Waals surface area contributed by atoms with Crippen molar-refractivity contribution in [2.45, 2.75) is 58.4 Å². The van der Waals surface area contributed by atoms with Crippen molar-refractivity contribution in [3.05, 3.63) is 0 Å². The van der Waals surface area contributed by atoms with Gasteiger partial charge in [-0.05, 0) is 31.8 Å². The van der Waals surface area contributed by atoms with Crippen LogP contribution >= 0.6 is 0 Å². The molecule has 1 aliphatic rings. The second-order valence-electron chi connectivity index (χ2n) is 6.06. The summed E-state index contributed by atoms with van der Waals surface area (Å²) < 4.78 is 0. The van der Waals surface area contributed by atoms with Crippen LogP contribution in [0.15, 0.2) is 0 Å². The molecule has 5 nitrogen and oxygen atoms in total. The lowest BCUT2D eigenvalue weighted by molar-refractivity contribution is -0.138. The summed E-state index contributed by atoms with van der Waals surface area (Å²) in [5, 5.41) is 11.7. The lowest BCUT2D eigenvalue weighted by Crippen LogP contribution is -2.45. The first-order chi connectivity index (χ1) is 9.49. The van der Waals surface area contributed by atoms with E-state index in [1.54, 1.807) is 0 Å². The van der Waals surface area contributed by atoms with Gasteiger partial charge in [-0.15, -0.1) is 0 Å². The largest absolute Gasteiger partial charge is 0.481 e. The van der Waals surface area contributed by atoms with E-state index in [1.807, 2.05) is 13.8 Å². The van der Waals surface area contributed by atoms with Gasteiger partial charge in [0.1, 0.15) is 0 Å². The van der Waals surface area contributed by atoms with E-state index >= 15 is 0 Å². The quantitative estimate of drug-likeness (QED) is 0.781. The molecule has 0 radical (unpaired) electrons. The summed E-state index contributed by atoms with van der Waals surface area (Å²) in [7, 11) is 0. The van der Waals surface area contributed by atoms with Crippen LogP contribution in [0.5, 0.6) is 0 Å². The summed E-state index contributed by atoms with van der Waals surface area (Å²) in [6, 6.07) is -0.283. The van der Waals surface area contributed by atoms with Gasteiger partial charge >= 0.3 is 5.97 Å². The third-order valence-corrected chi connectivity index (χ3v) is 3.86. The molecule has 20 heavy (non-hydrogen) atoms. The summed E-state index contributed by atoms with van der Waals surface area (Å²) in [5.41, 5.74) is 0. The Kier molecular flexibility index (Phi) is 7.59. The summed E-state index contributed by atoms with van der Waals surface area (Å²) in [4.78, 5) is 25.1. The number of amides is 1. The molecule has 1 rings (SSSR count). The number of hydrogen-bond donors (Lipinski definition) is 2. The number of nitrogens with one attached hydrogen (secondary N) is 1. The minimum Gasteiger partial charge on any atom is -0.481 e.